The Kier molecular flexibility index (Phi) is 2.56. The molecule has 3 rings (SSSR count). The van der Waals surface area contributed by atoms with Crippen molar-refractivity contribution in [3.8, 4) is 11.1 Å². The molecule has 0 aliphatic heterocycles. The summed E-state index contributed by atoms with van der Waals surface area (Å²) < 4.78 is 3.50. The minimum atomic E-state index is -0.408. The number of carbonyl (C=O) groups is 1. The van der Waals surface area contributed by atoms with Gasteiger partial charge in [-0.1, -0.05) is 0 Å². The van der Waals surface area contributed by atoms with Crippen molar-refractivity contribution in [2.75, 3.05) is 0 Å². The molecule has 3 heterocycles. The number of amides is 1. The lowest BCUT2D eigenvalue weighted by atomic mass is 10.1. The molecule has 2 N–H and O–H groups in total. The first kappa shape index (κ1) is 11.5. The average molecular weight is 255 g/mol. The van der Waals surface area contributed by atoms with Gasteiger partial charge in [0.2, 0.25) is 5.91 Å². The van der Waals surface area contributed by atoms with Gasteiger partial charge in [0.05, 0.1) is 6.20 Å². The SMILES string of the molecule is Cn1ccc2c(-c3cnn(CC(N)=O)c3)ccnc21. The van der Waals surface area contributed by atoms with Gasteiger partial charge in [0.1, 0.15) is 12.2 Å². The molecule has 0 saturated heterocycles. The van der Waals surface area contributed by atoms with Gasteiger partial charge in [-0.3, -0.25) is 9.48 Å². The zero-order valence-electron chi connectivity index (χ0n) is 10.4. The van der Waals surface area contributed by atoms with Gasteiger partial charge in [0.15, 0.2) is 0 Å². The molecule has 19 heavy (non-hydrogen) atoms. The molecule has 0 spiro atoms. The van der Waals surface area contributed by atoms with Crippen molar-refractivity contribution < 1.29 is 4.79 Å². The third kappa shape index (κ3) is 1.97. The number of nitrogens with zero attached hydrogens (tertiary/aromatic N) is 4. The van der Waals surface area contributed by atoms with E-state index in [-0.39, 0.29) is 6.54 Å². The molecule has 6 nitrogen and oxygen atoms in total. The number of nitrogens with two attached hydrogens (primary N) is 1. The van der Waals surface area contributed by atoms with Gasteiger partial charge < -0.3 is 10.3 Å². The van der Waals surface area contributed by atoms with Gasteiger partial charge in [0.25, 0.3) is 0 Å². The second-order valence-corrected chi connectivity index (χ2v) is 4.42. The van der Waals surface area contributed by atoms with E-state index >= 15 is 0 Å². The second kappa shape index (κ2) is 4.24. The lowest BCUT2D eigenvalue weighted by molar-refractivity contribution is -0.118. The molecule has 0 aromatic carbocycles. The number of carbonyl (C=O) groups excluding carboxylic acids is 1. The molecular formula is C13H13N5O. The van der Waals surface area contributed by atoms with Gasteiger partial charge in [-0.05, 0) is 17.7 Å². The Morgan fingerprint density at radius 3 is 3.05 bits per heavy atom. The maximum atomic E-state index is 10.9. The third-order valence-electron chi connectivity index (χ3n) is 3.03. The Hall–Kier alpha value is -2.63. The van der Waals surface area contributed by atoms with Crippen LogP contribution in [0.15, 0.2) is 36.9 Å². The fourth-order valence-corrected chi connectivity index (χ4v) is 2.17. The highest BCUT2D eigenvalue weighted by Crippen LogP contribution is 2.27. The van der Waals surface area contributed by atoms with Crippen LogP contribution in [-0.4, -0.2) is 25.2 Å². The maximum absolute atomic E-state index is 10.9. The Balaban J connectivity index is 2.09. The van der Waals surface area contributed by atoms with E-state index in [9.17, 15) is 4.79 Å². The summed E-state index contributed by atoms with van der Waals surface area (Å²) in [6.07, 6.45) is 7.27. The number of aryl methyl sites for hydroxylation is 1. The monoisotopic (exact) mass is 255 g/mol. The van der Waals surface area contributed by atoms with E-state index in [0.717, 1.165) is 22.2 Å². The number of primary amides is 1. The van der Waals surface area contributed by atoms with E-state index in [4.69, 9.17) is 5.73 Å². The molecule has 3 aromatic heterocycles. The second-order valence-electron chi connectivity index (χ2n) is 4.42. The third-order valence-corrected chi connectivity index (χ3v) is 3.03. The number of pyridine rings is 1. The van der Waals surface area contributed by atoms with Crippen LogP contribution in [0.4, 0.5) is 0 Å². The smallest absolute Gasteiger partial charge is 0.239 e. The van der Waals surface area contributed by atoms with E-state index < -0.39 is 5.91 Å². The Morgan fingerprint density at radius 2 is 2.26 bits per heavy atom. The van der Waals surface area contributed by atoms with E-state index in [1.807, 2.05) is 36.1 Å². The molecule has 0 aliphatic carbocycles. The highest BCUT2D eigenvalue weighted by atomic mass is 16.1. The highest BCUT2D eigenvalue weighted by Gasteiger charge is 2.09. The summed E-state index contributed by atoms with van der Waals surface area (Å²) in [6.45, 7) is 0.0863. The normalized spacial score (nSPS) is 11.0. The Morgan fingerprint density at radius 1 is 1.42 bits per heavy atom. The molecule has 0 fully saturated rings. The zero-order chi connectivity index (χ0) is 13.4. The van der Waals surface area contributed by atoms with E-state index in [1.165, 1.54) is 4.68 Å². The predicted octanol–water partition coefficient (Wildman–Crippen LogP) is 0.922. The summed E-state index contributed by atoms with van der Waals surface area (Å²) in [5.74, 6) is -0.408. The van der Waals surface area contributed by atoms with E-state index in [1.54, 1.807) is 12.4 Å². The van der Waals surface area contributed by atoms with Gasteiger partial charge in [-0.25, -0.2) is 4.98 Å². The first-order valence-corrected chi connectivity index (χ1v) is 5.86. The predicted molar refractivity (Wildman–Crippen MR) is 71.1 cm³/mol. The molecule has 96 valence electrons. The molecule has 6 heteroatoms. The summed E-state index contributed by atoms with van der Waals surface area (Å²) in [5.41, 5.74) is 8.06. The summed E-state index contributed by atoms with van der Waals surface area (Å²) in [7, 11) is 1.95. The van der Waals surface area contributed by atoms with Crippen molar-refractivity contribution in [3.05, 3.63) is 36.9 Å². The van der Waals surface area contributed by atoms with Gasteiger partial charge in [-0.2, -0.15) is 5.10 Å². The van der Waals surface area contributed by atoms with Crippen molar-refractivity contribution in [2.45, 2.75) is 6.54 Å². The quantitative estimate of drug-likeness (QED) is 0.756. The summed E-state index contributed by atoms with van der Waals surface area (Å²) in [6, 6.07) is 3.96. The maximum Gasteiger partial charge on any atom is 0.239 e. The van der Waals surface area contributed by atoms with Gasteiger partial charge in [0, 0.05) is 36.6 Å². The van der Waals surface area contributed by atoms with Crippen LogP contribution < -0.4 is 5.73 Å². The number of hydrogen-bond acceptors (Lipinski definition) is 3. The molecule has 1 amide bonds. The first-order chi connectivity index (χ1) is 9.15. The van der Waals surface area contributed by atoms with E-state index in [2.05, 4.69) is 10.1 Å². The van der Waals surface area contributed by atoms with Crippen molar-refractivity contribution in [2.24, 2.45) is 12.8 Å². The van der Waals surface area contributed by atoms with Crippen LogP contribution in [0.5, 0.6) is 0 Å². The van der Waals surface area contributed by atoms with Crippen LogP contribution in [-0.2, 0) is 18.4 Å². The first-order valence-electron chi connectivity index (χ1n) is 5.86. The standard InChI is InChI=1S/C13H13N5O/c1-17-5-3-11-10(2-4-15-13(11)17)9-6-16-18(7-9)8-12(14)19/h2-7H,8H2,1H3,(H2,14,19). The molecule has 0 atom stereocenters. The fourth-order valence-electron chi connectivity index (χ4n) is 2.17. The van der Waals surface area contributed by atoms with Gasteiger partial charge >= 0.3 is 0 Å². The van der Waals surface area contributed by atoms with Crippen LogP contribution in [0.2, 0.25) is 0 Å². The lowest BCUT2D eigenvalue weighted by Gasteiger charge is -2.00. The van der Waals surface area contributed by atoms with Crippen LogP contribution in [0.1, 0.15) is 0 Å². The van der Waals surface area contributed by atoms with Gasteiger partial charge in [-0.15, -0.1) is 0 Å². The molecule has 0 saturated carbocycles. The fraction of sp³-hybridized carbons (Fsp3) is 0.154. The summed E-state index contributed by atoms with van der Waals surface area (Å²) >= 11 is 0. The Bertz CT molecular complexity index is 755. The van der Waals surface area contributed by atoms with Crippen molar-refractivity contribution >= 4 is 16.9 Å². The molecule has 0 aliphatic rings. The van der Waals surface area contributed by atoms with Crippen LogP contribution in [0.25, 0.3) is 22.2 Å². The highest BCUT2D eigenvalue weighted by molar-refractivity contribution is 5.92. The topological polar surface area (TPSA) is 78.7 Å². The number of hydrogen-bond donors (Lipinski definition) is 1. The minimum Gasteiger partial charge on any atom is -0.368 e. The molecule has 0 bridgehead atoms. The number of aromatic nitrogens is 4. The van der Waals surface area contributed by atoms with Crippen molar-refractivity contribution in [1.29, 1.82) is 0 Å². The molecule has 0 radical (unpaired) electrons. The number of fused-ring (bicyclic) bond motifs is 1. The average Bonchev–Trinajstić information content (AvgIpc) is 2.96. The molecule has 3 aromatic rings. The van der Waals surface area contributed by atoms with E-state index in [0.29, 0.717) is 0 Å². The summed E-state index contributed by atoms with van der Waals surface area (Å²) in [5, 5.41) is 5.19. The Labute approximate surface area is 109 Å². The number of rotatable bonds is 3. The largest absolute Gasteiger partial charge is 0.368 e. The zero-order valence-corrected chi connectivity index (χ0v) is 10.4. The minimum absolute atomic E-state index is 0.0863. The van der Waals surface area contributed by atoms with Crippen LogP contribution in [0, 0.1) is 0 Å². The molecule has 0 unspecified atom stereocenters. The van der Waals surface area contributed by atoms with Crippen molar-refractivity contribution in [1.82, 2.24) is 19.3 Å². The van der Waals surface area contributed by atoms with Crippen LogP contribution in [0.3, 0.4) is 0 Å². The molecular weight excluding hydrogens is 242 g/mol. The lowest BCUT2D eigenvalue weighted by Crippen LogP contribution is -2.18. The summed E-state index contributed by atoms with van der Waals surface area (Å²) in [4.78, 5) is 15.2. The van der Waals surface area contributed by atoms with Crippen molar-refractivity contribution in [3.63, 3.8) is 0 Å². The van der Waals surface area contributed by atoms with Crippen LogP contribution >= 0.6 is 0 Å².